The van der Waals surface area contributed by atoms with Crippen LogP contribution in [0.5, 0.6) is 0 Å². The minimum Gasteiger partial charge on any atom is -0.462 e. The molecule has 236 valence electrons. The van der Waals surface area contributed by atoms with Gasteiger partial charge in [0, 0.05) is 27.7 Å². The van der Waals surface area contributed by atoms with E-state index in [0.29, 0.717) is 5.69 Å². The summed E-state index contributed by atoms with van der Waals surface area (Å²) in [5.41, 5.74) is 1.23. The zero-order valence-corrected chi connectivity index (χ0v) is 25.0. The molecule has 1 aliphatic rings. The summed E-state index contributed by atoms with van der Waals surface area (Å²) in [7, 11) is 0. The Kier molecular flexibility index (Phi) is 12.7. The van der Waals surface area contributed by atoms with Crippen LogP contribution in [-0.2, 0) is 47.6 Å². The highest BCUT2D eigenvalue weighted by Crippen LogP contribution is 2.29. The number of hydrogen-bond donors (Lipinski definition) is 0. The van der Waals surface area contributed by atoms with Crippen molar-refractivity contribution in [2.24, 2.45) is 5.10 Å². The molecule has 1 aliphatic heterocycles. The Morgan fingerprint density at radius 3 is 1.84 bits per heavy atom. The number of anilines is 1. The number of nitrogens with zero attached hydrogens (tertiary/aromatic N) is 4. The van der Waals surface area contributed by atoms with Crippen LogP contribution in [0.1, 0.15) is 47.1 Å². The molecule has 0 radical (unpaired) electrons. The third kappa shape index (κ3) is 9.58. The molecule has 0 spiro atoms. The van der Waals surface area contributed by atoms with Crippen LogP contribution in [0.15, 0.2) is 29.4 Å². The van der Waals surface area contributed by atoms with Crippen molar-refractivity contribution in [3.05, 3.63) is 29.8 Å². The lowest BCUT2D eigenvalue weighted by atomic mass is 10.00. The number of carbonyl (C=O) groups is 6. The van der Waals surface area contributed by atoms with Gasteiger partial charge < -0.3 is 28.4 Å². The fraction of sp³-hybridized carbons (Fsp3) is 0.519. The van der Waals surface area contributed by atoms with E-state index in [1.807, 2.05) is 6.92 Å². The number of ether oxygens (including phenoxy) is 6. The SMILES string of the molecule is CCOC(=O)N1[C@H]([C@@H](OC(C)=O)[C@H](OC(C)=O)[C@@H](COC(C)=O)OC(C)=O)C=NN(c2ccc(C)cc2)N1C(=O)OCC. The molecular weight excluding hydrogens is 572 g/mol. The fourth-order valence-corrected chi connectivity index (χ4v) is 3.95. The van der Waals surface area contributed by atoms with E-state index in [-0.39, 0.29) is 13.2 Å². The monoisotopic (exact) mass is 608 g/mol. The molecule has 0 aliphatic carbocycles. The molecule has 1 aromatic carbocycles. The quantitative estimate of drug-likeness (QED) is 0.264. The number of hydrazine groups is 2. The van der Waals surface area contributed by atoms with Gasteiger partial charge >= 0.3 is 36.1 Å². The second-order valence-electron chi connectivity index (χ2n) is 9.01. The maximum absolute atomic E-state index is 13.5. The molecule has 0 N–H and O–H groups in total. The summed E-state index contributed by atoms with van der Waals surface area (Å²) in [6.45, 7) is 8.31. The van der Waals surface area contributed by atoms with Crippen LogP contribution >= 0.6 is 0 Å². The molecule has 0 aromatic heterocycles. The standard InChI is InChI=1S/C27H36N4O12/c1-8-38-26(36)29-22(14-28-30(31(29)27(37)39-9-2)21-12-10-16(3)11-13-21)24(42-19(6)34)25(43-20(7)35)23(41-18(5)33)15-40-17(4)32/h10-14,22-25H,8-9,15H2,1-7H3/t22-,23+,24+,25+/m0/s1. The Morgan fingerprint density at radius 1 is 0.767 bits per heavy atom. The van der Waals surface area contributed by atoms with Gasteiger partial charge in [0.25, 0.3) is 0 Å². The summed E-state index contributed by atoms with van der Waals surface area (Å²) < 4.78 is 31.8. The Morgan fingerprint density at radius 2 is 1.33 bits per heavy atom. The second-order valence-corrected chi connectivity index (χ2v) is 9.01. The predicted molar refractivity (Wildman–Crippen MR) is 147 cm³/mol. The van der Waals surface area contributed by atoms with E-state index in [0.717, 1.165) is 54.7 Å². The molecule has 16 heteroatoms. The molecule has 43 heavy (non-hydrogen) atoms. The molecule has 0 bridgehead atoms. The summed E-state index contributed by atoms with van der Waals surface area (Å²) in [6.07, 6.45) is -5.95. The van der Waals surface area contributed by atoms with Gasteiger partial charge in [-0.3, -0.25) is 19.2 Å². The van der Waals surface area contributed by atoms with Gasteiger partial charge in [0.1, 0.15) is 12.6 Å². The molecule has 0 saturated carbocycles. The lowest BCUT2D eigenvalue weighted by molar-refractivity contribution is -0.195. The summed E-state index contributed by atoms with van der Waals surface area (Å²) in [5, 5.41) is 6.87. The maximum atomic E-state index is 13.5. The highest BCUT2D eigenvalue weighted by Gasteiger charge is 2.51. The van der Waals surface area contributed by atoms with Crippen molar-refractivity contribution in [3.63, 3.8) is 0 Å². The summed E-state index contributed by atoms with van der Waals surface area (Å²) in [6, 6.07) is 5.21. The first-order chi connectivity index (χ1) is 20.3. The molecular formula is C27H36N4O12. The van der Waals surface area contributed by atoms with Crippen molar-refractivity contribution >= 4 is 48.0 Å². The average Bonchev–Trinajstić information content (AvgIpc) is 2.92. The highest BCUT2D eigenvalue weighted by atomic mass is 16.6. The van der Waals surface area contributed by atoms with Gasteiger partial charge in [-0.05, 0) is 32.9 Å². The lowest BCUT2D eigenvalue weighted by Crippen LogP contribution is -2.69. The number of aryl methyl sites for hydroxylation is 1. The number of amides is 2. The Bertz CT molecular complexity index is 1200. The fourth-order valence-electron chi connectivity index (χ4n) is 3.95. The van der Waals surface area contributed by atoms with E-state index in [1.165, 1.54) is 6.92 Å². The van der Waals surface area contributed by atoms with Crippen molar-refractivity contribution in [3.8, 4) is 0 Å². The number of esters is 4. The van der Waals surface area contributed by atoms with Gasteiger partial charge in [0.2, 0.25) is 0 Å². The van der Waals surface area contributed by atoms with Crippen LogP contribution in [0.2, 0.25) is 0 Å². The molecule has 0 saturated heterocycles. The van der Waals surface area contributed by atoms with Crippen molar-refractivity contribution in [1.29, 1.82) is 0 Å². The largest absolute Gasteiger partial charge is 0.462 e. The molecule has 4 atom stereocenters. The molecule has 16 nitrogen and oxygen atoms in total. The molecule has 0 fully saturated rings. The molecule has 1 heterocycles. The third-order valence-corrected chi connectivity index (χ3v) is 5.54. The van der Waals surface area contributed by atoms with Gasteiger partial charge in [-0.15, -0.1) is 5.12 Å². The molecule has 2 amide bonds. The molecule has 1 aromatic rings. The normalized spacial score (nSPS) is 16.3. The maximum Gasteiger partial charge on any atom is 0.450 e. The highest BCUT2D eigenvalue weighted by molar-refractivity contribution is 5.83. The number of benzene rings is 1. The lowest BCUT2D eigenvalue weighted by Gasteiger charge is -2.46. The van der Waals surface area contributed by atoms with Gasteiger partial charge in [-0.2, -0.15) is 10.1 Å². The van der Waals surface area contributed by atoms with E-state index < -0.39 is 67.0 Å². The minimum absolute atomic E-state index is 0.0948. The van der Waals surface area contributed by atoms with Crippen molar-refractivity contribution in [1.82, 2.24) is 10.1 Å². The van der Waals surface area contributed by atoms with Crippen molar-refractivity contribution in [2.75, 3.05) is 24.9 Å². The van der Waals surface area contributed by atoms with Crippen molar-refractivity contribution in [2.45, 2.75) is 72.8 Å². The van der Waals surface area contributed by atoms with E-state index >= 15 is 0 Å². The van der Waals surface area contributed by atoms with E-state index in [9.17, 15) is 28.8 Å². The number of carbonyl (C=O) groups excluding carboxylic acids is 6. The topological polar surface area (TPSA) is 180 Å². The first-order valence-electron chi connectivity index (χ1n) is 13.3. The van der Waals surface area contributed by atoms with Crippen LogP contribution < -0.4 is 5.12 Å². The van der Waals surface area contributed by atoms with E-state index in [2.05, 4.69) is 5.10 Å². The van der Waals surface area contributed by atoms with Crippen molar-refractivity contribution < 1.29 is 57.2 Å². The second kappa shape index (κ2) is 15.9. The zero-order chi connectivity index (χ0) is 32.3. The number of hydrogen-bond acceptors (Lipinski definition) is 14. The average molecular weight is 609 g/mol. The summed E-state index contributed by atoms with van der Waals surface area (Å²) in [4.78, 5) is 75.1. The Labute approximate surface area is 248 Å². The summed E-state index contributed by atoms with van der Waals surface area (Å²) >= 11 is 0. The van der Waals surface area contributed by atoms with Crippen LogP contribution in [0, 0.1) is 6.92 Å². The minimum atomic E-state index is -1.70. The number of hydrazone groups is 1. The van der Waals surface area contributed by atoms with E-state index in [1.54, 1.807) is 31.2 Å². The zero-order valence-electron chi connectivity index (χ0n) is 25.0. The van der Waals surface area contributed by atoms with Crippen LogP contribution in [-0.4, -0.2) is 96.6 Å². The molecule has 2 rings (SSSR count). The van der Waals surface area contributed by atoms with Gasteiger partial charge in [-0.25, -0.2) is 9.59 Å². The van der Waals surface area contributed by atoms with E-state index in [4.69, 9.17) is 28.4 Å². The smallest absolute Gasteiger partial charge is 0.450 e. The Balaban J connectivity index is 2.82. The van der Waals surface area contributed by atoms with Gasteiger partial charge in [-0.1, -0.05) is 22.8 Å². The summed E-state index contributed by atoms with van der Waals surface area (Å²) in [5.74, 6) is -3.41. The first kappa shape index (κ1) is 34.3. The van der Waals surface area contributed by atoms with Crippen LogP contribution in [0.4, 0.5) is 15.3 Å². The Hall–Kier alpha value is -4.89. The van der Waals surface area contributed by atoms with Gasteiger partial charge in [0.05, 0.1) is 25.1 Å². The third-order valence-electron chi connectivity index (χ3n) is 5.54. The van der Waals surface area contributed by atoms with Crippen LogP contribution in [0.3, 0.4) is 0 Å². The number of rotatable bonds is 11. The van der Waals surface area contributed by atoms with Gasteiger partial charge in [0.15, 0.2) is 18.3 Å². The first-order valence-corrected chi connectivity index (χ1v) is 13.3. The van der Waals surface area contributed by atoms with Crippen LogP contribution in [0.25, 0.3) is 0 Å². The predicted octanol–water partition coefficient (Wildman–Crippen LogP) is 2.27. The molecule has 0 unspecified atom stereocenters.